The van der Waals surface area contributed by atoms with Crippen molar-refractivity contribution < 1.29 is 0 Å². The molecule has 0 saturated heterocycles. The van der Waals surface area contributed by atoms with E-state index in [1.807, 2.05) is 24.3 Å². The highest BCUT2D eigenvalue weighted by molar-refractivity contribution is 6.12. The molecule has 0 fully saturated rings. The summed E-state index contributed by atoms with van der Waals surface area (Å²) in [6, 6.07) is 45.6. The third kappa shape index (κ3) is 3.16. The lowest BCUT2D eigenvalue weighted by molar-refractivity contribution is 0.662. The highest BCUT2D eigenvalue weighted by atomic mass is 15.1. The van der Waals surface area contributed by atoms with E-state index >= 15 is 0 Å². The molecule has 6 aromatic carbocycles. The quantitative estimate of drug-likeness (QED) is 0.220. The summed E-state index contributed by atoms with van der Waals surface area (Å²) in [5.41, 5.74) is 11.3. The van der Waals surface area contributed by atoms with Crippen LogP contribution in [0.15, 0.2) is 127 Å². The second kappa shape index (κ2) is 8.37. The minimum atomic E-state index is -0.137. The van der Waals surface area contributed by atoms with Gasteiger partial charge in [-0.3, -0.25) is 4.57 Å². The molecule has 0 N–H and O–H groups in total. The van der Waals surface area contributed by atoms with Gasteiger partial charge in [-0.2, -0.15) is 0 Å². The van der Waals surface area contributed by atoms with E-state index in [9.17, 15) is 0 Å². The van der Waals surface area contributed by atoms with Crippen LogP contribution >= 0.6 is 0 Å². The summed E-state index contributed by atoms with van der Waals surface area (Å²) in [6.07, 6.45) is 0. The van der Waals surface area contributed by atoms with Crippen molar-refractivity contribution in [2.24, 2.45) is 0 Å². The molecule has 42 heavy (non-hydrogen) atoms. The largest absolute Gasteiger partial charge is 0.292 e. The van der Waals surface area contributed by atoms with Crippen LogP contribution < -0.4 is 0 Å². The van der Waals surface area contributed by atoms with Crippen molar-refractivity contribution in [1.29, 1.82) is 0 Å². The number of hydrogen-bond donors (Lipinski definition) is 0. The molecule has 2 heterocycles. The van der Waals surface area contributed by atoms with E-state index in [1.165, 1.54) is 43.8 Å². The monoisotopic (exact) mass is 537 g/mol. The van der Waals surface area contributed by atoms with Gasteiger partial charge in [-0.1, -0.05) is 98.8 Å². The first-order valence-electron chi connectivity index (χ1n) is 14.5. The molecule has 1 aliphatic rings. The van der Waals surface area contributed by atoms with Crippen LogP contribution in [0.1, 0.15) is 25.0 Å². The highest BCUT2D eigenvalue weighted by Crippen LogP contribution is 2.52. The summed E-state index contributed by atoms with van der Waals surface area (Å²) in [5, 5.41) is 5.02. The molecule has 0 unspecified atom stereocenters. The number of aromatic nitrogens is 3. The summed E-state index contributed by atoms with van der Waals surface area (Å²) >= 11 is 0. The van der Waals surface area contributed by atoms with Crippen molar-refractivity contribution in [2.45, 2.75) is 19.3 Å². The van der Waals surface area contributed by atoms with Crippen LogP contribution in [0.25, 0.3) is 71.8 Å². The molecule has 198 valence electrons. The summed E-state index contributed by atoms with van der Waals surface area (Å²) < 4.78 is 2.34. The maximum absolute atomic E-state index is 5.30. The Balaban J connectivity index is 1.41. The Labute approximate surface area is 243 Å². The fraction of sp³-hybridized carbons (Fsp3) is 0.0769. The van der Waals surface area contributed by atoms with Gasteiger partial charge in [-0.05, 0) is 75.5 Å². The molecular weight excluding hydrogens is 510 g/mol. The van der Waals surface area contributed by atoms with Crippen molar-refractivity contribution in [2.75, 3.05) is 0 Å². The smallest absolute Gasteiger partial charge is 0.165 e. The van der Waals surface area contributed by atoms with Crippen LogP contribution in [0.4, 0.5) is 0 Å². The summed E-state index contributed by atoms with van der Waals surface area (Å²) in [7, 11) is 0. The van der Waals surface area contributed by atoms with E-state index in [-0.39, 0.29) is 5.41 Å². The van der Waals surface area contributed by atoms with Crippen LogP contribution in [0.5, 0.6) is 0 Å². The van der Waals surface area contributed by atoms with Crippen molar-refractivity contribution in [1.82, 2.24) is 14.5 Å². The number of benzene rings is 6. The molecule has 0 radical (unpaired) electrons. The Kier molecular flexibility index (Phi) is 4.67. The van der Waals surface area contributed by atoms with Crippen LogP contribution in [0.2, 0.25) is 0 Å². The average Bonchev–Trinajstić information content (AvgIpc) is 3.47. The molecular formula is C39H27N3. The molecule has 0 atom stereocenters. The van der Waals surface area contributed by atoms with E-state index in [0.717, 1.165) is 39.1 Å². The maximum Gasteiger partial charge on any atom is 0.165 e. The zero-order valence-electron chi connectivity index (χ0n) is 23.5. The normalized spacial score (nSPS) is 13.7. The zero-order chi connectivity index (χ0) is 28.0. The first-order valence-corrected chi connectivity index (χ1v) is 14.5. The predicted octanol–water partition coefficient (Wildman–Crippen LogP) is 9.85. The molecule has 9 rings (SSSR count). The van der Waals surface area contributed by atoms with Crippen molar-refractivity contribution in [3.8, 4) is 28.2 Å². The molecule has 0 amide bonds. The lowest BCUT2D eigenvalue weighted by Gasteiger charge is -2.22. The minimum Gasteiger partial charge on any atom is -0.292 e. The van der Waals surface area contributed by atoms with Gasteiger partial charge in [-0.25, -0.2) is 9.97 Å². The number of nitrogens with zero attached hydrogens (tertiary/aromatic N) is 3. The summed E-state index contributed by atoms with van der Waals surface area (Å²) in [4.78, 5) is 10.5. The molecule has 8 aromatic rings. The first kappa shape index (κ1) is 23.4. The number of hydrogen-bond acceptors (Lipinski definition) is 2. The van der Waals surface area contributed by atoms with E-state index in [4.69, 9.17) is 9.97 Å². The molecule has 0 spiro atoms. The Morgan fingerprint density at radius 2 is 1.14 bits per heavy atom. The van der Waals surface area contributed by atoms with Crippen LogP contribution in [-0.2, 0) is 5.41 Å². The standard InChI is InChI=1S/C39H27N3/c1-39(2)31-21-26-15-7-6-14-25(26)20-28(31)29-22-30-27-16-8-11-19-35(27)42(36(30)23-32(29)39)38-37(24-12-4-3-5-13-24)40-33-17-9-10-18-34(33)41-38/h3-23H,1-2H3. The average molecular weight is 538 g/mol. The topological polar surface area (TPSA) is 30.7 Å². The summed E-state index contributed by atoms with van der Waals surface area (Å²) in [5.74, 6) is 0.852. The molecule has 0 aliphatic heterocycles. The van der Waals surface area contributed by atoms with Crippen LogP contribution in [0, 0.1) is 0 Å². The Hall–Kier alpha value is -5.28. The lowest BCUT2D eigenvalue weighted by atomic mass is 9.81. The first-order chi connectivity index (χ1) is 20.6. The Bertz CT molecular complexity index is 2380. The van der Waals surface area contributed by atoms with E-state index < -0.39 is 0 Å². The molecule has 3 heteroatoms. The van der Waals surface area contributed by atoms with E-state index in [0.29, 0.717) is 0 Å². The number of rotatable bonds is 2. The van der Waals surface area contributed by atoms with Gasteiger partial charge in [0.05, 0.1) is 22.1 Å². The van der Waals surface area contributed by atoms with Gasteiger partial charge in [0, 0.05) is 21.8 Å². The number of fused-ring (bicyclic) bond motifs is 8. The van der Waals surface area contributed by atoms with Crippen molar-refractivity contribution in [3.63, 3.8) is 0 Å². The summed E-state index contributed by atoms with van der Waals surface area (Å²) in [6.45, 7) is 4.72. The van der Waals surface area contributed by atoms with Gasteiger partial charge >= 0.3 is 0 Å². The maximum atomic E-state index is 5.30. The third-order valence-corrected chi connectivity index (χ3v) is 9.15. The lowest BCUT2D eigenvalue weighted by Crippen LogP contribution is -2.15. The molecule has 1 aliphatic carbocycles. The SMILES string of the molecule is CC1(C)c2cc3ccccc3cc2-c2cc3c4ccccc4n(-c4nc5ccccc5nc4-c4ccccc4)c3cc21. The second-order valence-electron chi connectivity index (χ2n) is 11.9. The Morgan fingerprint density at radius 1 is 0.524 bits per heavy atom. The van der Waals surface area contributed by atoms with Crippen molar-refractivity contribution in [3.05, 3.63) is 139 Å². The van der Waals surface area contributed by atoms with Crippen molar-refractivity contribution >= 4 is 43.6 Å². The molecule has 2 aromatic heterocycles. The van der Waals surface area contributed by atoms with Gasteiger partial charge < -0.3 is 0 Å². The fourth-order valence-electron chi connectivity index (χ4n) is 7.04. The van der Waals surface area contributed by atoms with Crippen LogP contribution in [0.3, 0.4) is 0 Å². The van der Waals surface area contributed by atoms with Gasteiger partial charge in [0.2, 0.25) is 0 Å². The molecule has 3 nitrogen and oxygen atoms in total. The fourth-order valence-corrected chi connectivity index (χ4v) is 7.04. The second-order valence-corrected chi connectivity index (χ2v) is 11.9. The highest BCUT2D eigenvalue weighted by Gasteiger charge is 2.37. The minimum absolute atomic E-state index is 0.137. The molecule has 0 bridgehead atoms. The predicted molar refractivity (Wildman–Crippen MR) is 174 cm³/mol. The van der Waals surface area contributed by atoms with Gasteiger partial charge in [0.1, 0.15) is 5.69 Å². The van der Waals surface area contributed by atoms with Gasteiger partial charge in [0.15, 0.2) is 5.82 Å². The van der Waals surface area contributed by atoms with E-state index in [2.05, 4.69) is 122 Å². The van der Waals surface area contributed by atoms with E-state index in [1.54, 1.807) is 0 Å². The zero-order valence-corrected chi connectivity index (χ0v) is 23.5. The Morgan fingerprint density at radius 3 is 1.95 bits per heavy atom. The third-order valence-electron chi connectivity index (χ3n) is 9.15. The van der Waals surface area contributed by atoms with Crippen LogP contribution in [-0.4, -0.2) is 14.5 Å². The molecule has 0 saturated carbocycles. The van der Waals surface area contributed by atoms with Gasteiger partial charge in [-0.15, -0.1) is 0 Å². The van der Waals surface area contributed by atoms with Gasteiger partial charge in [0.25, 0.3) is 0 Å². The number of para-hydroxylation sites is 3.